The lowest BCUT2D eigenvalue weighted by Crippen LogP contribution is -2.00. The molecule has 26 aromatic rings. The fourth-order valence-electron chi connectivity index (χ4n) is 16.9. The van der Waals surface area contributed by atoms with Crippen LogP contribution in [0.3, 0.4) is 0 Å². The Balaban J connectivity index is 0.000000116. The van der Waals surface area contributed by atoms with E-state index in [1.165, 1.54) is 64.0 Å². The molecule has 0 spiro atoms. The highest BCUT2D eigenvalue weighted by molar-refractivity contribution is 7.27. The van der Waals surface area contributed by atoms with Gasteiger partial charge < -0.3 is 0 Å². The van der Waals surface area contributed by atoms with Crippen LogP contribution in [0.5, 0.6) is 0 Å². The van der Waals surface area contributed by atoms with E-state index in [-0.39, 0.29) is 14.9 Å². The van der Waals surface area contributed by atoms with Crippen LogP contribution < -0.4 is 0 Å². The highest BCUT2D eigenvalue weighted by Gasteiger charge is 2.24. The molecule has 0 fully saturated rings. The zero-order chi connectivity index (χ0) is 87.4. The summed E-state index contributed by atoms with van der Waals surface area (Å²) in [5, 5.41) is 10.1. The Morgan fingerprint density at radius 1 is 0.134 bits per heavy atom. The maximum atomic E-state index is 5.15. The minimum absolute atomic E-state index is 0. The Hall–Kier alpha value is -15.9. The highest BCUT2D eigenvalue weighted by Crippen LogP contribution is 2.48. The van der Waals surface area contributed by atoms with Crippen molar-refractivity contribution in [3.63, 3.8) is 0 Å². The Bertz CT molecular complexity index is 8690. The van der Waals surface area contributed by atoms with Gasteiger partial charge in [-0.2, -0.15) is 0 Å². The van der Waals surface area contributed by atoms with E-state index in [1.54, 1.807) is 68.0 Å². The number of fused-ring (bicyclic) bond motifs is 12. The van der Waals surface area contributed by atoms with Crippen LogP contribution in [0.2, 0.25) is 0 Å². The zero-order valence-electron chi connectivity index (χ0n) is 70.1. The van der Waals surface area contributed by atoms with Gasteiger partial charge in [0.15, 0.2) is 52.4 Å². The SMILES string of the molecule is C.C.c1ccc(-c2ccc(-c3nc(-c4ccccc4)nc(-c4cccc5sc6ccc(-c7nc8ccccc8s7)cc6c45)n3)cc2)cc1.c1ccc(-c2cccc(-c3nc(-c4ccccc4)nc(-c4cccc5sc6ccc(-c7nc8ccccc8s7)cc6c45)n3)c2)cc1.c1ccc(-c2nc(-c3ccccc3)nc(-c3cccc4sc5ccc(-c6nc7ccccc7s6)cc5c34)n2)cc1. The van der Waals surface area contributed by atoms with E-state index in [1.807, 2.05) is 152 Å². The number of hydrogen-bond donors (Lipinski definition) is 0. The third-order valence-electron chi connectivity index (χ3n) is 23.3. The number of thiazole rings is 3. The molecule has 0 bridgehead atoms. The molecule has 0 N–H and O–H groups in total. The average molecular weight is 1830 g/mol. The van der Waals surface area contributed by atoms with E-state index in [4.69, 9.17) is 59.8 Å². The normalized spacial score (nSPS) is 11.3. The monoisotopic (exact) mass is 1830 g/mol. The van der Waals surface area contributed by atoms with Crippen LogP contribution in [0, 0.1) is 0 Å². The van der Waals surface area contributed by atoms with Crippen molar-refractivity contribution in [2.45, 2.75) is 14.9 Å². The second-order valence-electron chi connectivity index (χ2n) is 31.7. The number of rotatable bonds is 14. The molecule has 0 radical (unpaired) electrons. The number of aromatic nitrogens is 12. The molecule has 9 heterocycles. The van der Waals surface area contributed by atoms with Crippen molar-refractivity contribution in [3.8, 4) is 156 Å². The largest absolute Gasteiger partial charge is 0.236 e. The van der Waals surface area contributed by atoms with Gasteiger partial charge in [0, 0.05) is 127 Å². The molecule has 0 aliphatic carbocycles. The molecule has 18 heteroatoms. The van der Waals surface area contributed by atoms with Gasteiger partial charge in [0.1, 0.15) is 15.0 Å². The van der Waals surface area contributed by atoms with Crippen molar-refractivity contribution in [2.75, 3.05) is 0 Å². The van der Waals surface area contributed by atoms with Crippen molar-refractivity contribution in [1.29, 1.82) is 0 Å². The Kier molecular flexibility index (Phi) is 22.8. The second-order valence-corrected chi connectivity index (χ2v) is 38.1. The minimum Gasteiger partial charge on any atom is -0.236 e. The number of thiophene rings is 3. The van der Waals surface area contributed by atoms with E-state index in [9.17, 15) is 0 Å². The first-order chi connectivity index (χ1) is 65.3. The fraction of sp³-hybridized carbons (Fsp3) is 0.0172. The van der Waals surface area contributed by atoms with Gasteiger partial charge >= 0.3 is 0 Å². The summed E-state index contributed by atoms with van der Waals surface area (Å²) >= 11 is 10.6. The fourth-order valence-corrected chi connectivity index (χ4v) is 23.2. The predicted octanol–water partition coefficient (Wildman–Crippen LogP) is 33.2. The lowest BCUT2D eigenvalue weighted by atomic mass is 10.0. The summed E-state index contributed by atoms with van der Waals surface area (Å²) in [7, 11) is 0. The first kappa shape index (κ1) is 83.7. The van der Waals surface area contributed by atoms with Gasteiger partial charge in [-0.1, -0.05) is 330 Å². The smallest absolute Gasteiger partial charge is 0.164 e. The van der Waals surface area contributed by atoms with Crippen LogP contribution in [-0.4, -0.2) is 59.8 Å². The molecule has 0 amide bonds. The van der Waals surface area contributed by atoms with E-state index in [0.29, 0.717) is 52.4 Å². The molecule has 0 aliphatic heterocycles. The lowest BCUT2D eigenvalue weighted by molar-refractivity contribution is 1.08. The van der Waals surface area contributed by atoms with Crippen LogP contribution in [-0.2, 0) is 0 Å². The van der Waals surface area contributed by atoms with Crippen LogP contribution in [0.15, 0.2) is 413 Å². The molecule has 9 aromatic heterocycles. The van der Waals surface area contributed by atoms with Crippen molar-refractivity contribution in [2.24, 2.45) is 0 Å². The highest BCUT2D eigenvalue weighted by atomic mass is 32.1. The van der Waals surface area contributed by atoms with Crippen LogP contribution in [0.1, 0.15) is 14.9 Å². The van der Waals surface area contributed by atoms with Gasteiger partial charge in [0.2, 0.25) is 0 Å². The molecule has 0 atom stereocenters. The Morgan fingerprint density at radius 3 is 0.679 bits per heavy atom. The molecule has 0 saturated carbocycles. The summed E-state index contributed by atoms with van der Waals surface area (Å²) in [5.41, 5.74) is 19.7. The van der Waals surface area contributed by atoms with Crippen LogP contribution in [0.25, 0.3) is 248 Å². The van der Waals surface area contributed by atoms with E-state index >= 15 is 0 Å². The minimum atomic E-state index is 0. The molecule has 17 aromatic carbocycles. The topological polar surface area (TPSA) is 155 Å². The maximum absolute atomic E-state index is 5.15. The number of nitrogens with zero attached hydrogens (tertiary/aromatic N) is 12. The summed E-state index contributed by atoms with van der Waals surface area (Å²) in [6, 6.07) is 142. The van der Waals surface area contributed by atoms with Gasteiger partial charge in [-0.15, -0.1) is 68.0 Å². The average Bonchev–Trinajstić information content (AvgIpc) is 1.59. The first-order valence-corrected chi connectivity index (χ1v) is 48.0. The molecular weight excluding hydrogens is 1750 g/mol. The van der Waals surface area contributed by atoms with Crippen molar-refractivity contribution in [1.82, 2.24) is 59.8 Å². The van der Waals surface area contributed by atoms with Crippen LogP contribution >= 0.6 is 68.0 Å². The summed E-state index contributed by atoms with van der Waals surface area (Å²) in [5.74, 6) is 5.91. The molecular formula is C116H76N12S6. The number of para-hydroxylation sites is 3. The summed E-state index contributed by atoms with van der Waals surface area (Å²) < 4.78 is 10.9. The standard InChI is InChI=1S/2C40H24N4S2.C34H20N4S2.2CH4/c1-3-11-25(12-4-1)27-15-9-16-28(23-27)38-42-37(26-13-5-2-6-14-26)43-39(44-38)30-17-10-20-35-36(30)31-24-29(21-22-33(31)45-35)40-41-32-18-7-8-19-34(32)46-40;1-3-10-25(11-4-1)26-18-20-28(21-19-26)38-42-37(27-12-5-2-6-13-27)43-39(44-38)30-14-9-17-35-36(30)31-24-29(22-23-33(31)45-35)40-41-32-15-7-8-16-34(32)46-40;1-3-10-21(11-4-1)31-36-32(22-12-5-2-6-13-22)38-33(37-31)24-14-9-17-29-30(24)25-20-23(18-19-27(25)39-29)34-35-26-15-7-8-16-28(26)40-34;;/h2*1-24H;1-20H;2*1H4. The maximum Gasteiger partial charge on any atom is 0.164 e. The molecule has 0 saturated heterocycles. The van der Waals surface area contributed by atoms with Gasteiger partial charge in [-0.05, 0) is 119 Å². The van der Waals surface area contributed by atoms with E-state index < -0.39 is 0 Å². The number of hydrogen-bond acceptors (Lipinski definition) is 18. The van der Waals surface area contributed by atoms with E-state index in [0.717, 1.165) is 131 Å². The Morgan fingerprint density at radius 2 is 0.358 bits per heavy atom. The first-order valence-electron chi connectivity index (χ1n) is 43.1. The van der Waals surface area contributed by atoms with Gasteiger partial charge in [0.05, 0.1) is 30.6 Å². The quantitative estimate of drug-likeness (QED) is 0.102. The molecule has 134 heavy (non-hydrogen) atoms. The number of benzene rings is 17. The molecule has 12 nitrogen and oxygen atoms in total. The third-order valence-corrected chi connectivity index (χ3v) is 30.0. The summed E-state index contributed by atoms with van der Waals surface area (Å²) in [6.45, 7) is 0. The molecule has 636 valence electrons. The molecule has 0 unspecified atom stereocenters. The second kappa shape index (κ2) is 36.4. The molecule has 0 aliphatic rings. The van der Waals surface area contributed by atoms with Gasteiger partial charge in [0.25, 0.3) is 0 Å². The summed E-state index contributed by atoms with van der Waals surface area (Å²) in [6.07, 6.45) is 0. The zero-order valence-corrected chi connectivity index (χ0v) is 75.0. The van der Waals surface area contributed by atoms with Crippen molar-refractivity contribution < 1.29 is 0 Å². The van der Waals surface area contributed by atoms with Gasteiger partial charge in [-0.25, -0.2) is 59.8 Å². The summed E-state index contributed by atoms with van der Waals surface area (Å²) in [4.78, 5) is 60.2. The van der Waals surface area contributed by atoms with Gasteiger partial charge in [-0.3, -0.25) is 0 Å². The predicted molar refractivity (Wildman–Crippen MR) is 567 cm³/mol. The lowest BCUT2D eigenvalue weighted by Gasteiger charge is -2.10. The van der Waals surface area contributed by atoms with E-state index in [2.05, 4.69) is 261 Å². The molecule has 26 rings (SSSR count). The third kappa shape index (κ3) is 16.4. The van der Waals surface area contributed by atoms with Crippen LogP contribution in [0.4, 0.5) is 0 Å². The Labute approximate surface area is 796 Å². The van der Waals surface area contributed by atoms with Crippen molar-refractivity contribution >= 4 is 159 Å². The van der Waals surface area contributed by atoms with Crippen molar-refractivity contribution in [3.05, 3.63) is 413 Å².